The topological polar surface area (TPSA) is 69.0 Å². The van der Waals surface area contributed by atoms with Crippen molar-refractivity contribution in [1.82, 2.24) is 19.9 Å². The summed E-state index contributed by atoms with van der Waals surface area (Å²) in [5.74, 6) is -0.894. The average molecular weight is 1210 g/mol. The van der Waals surface area contributed by atoms with Gasteiger partial charge >= 0.3 is 0 Å². The normalized spacial score (nSPS) is 10.9. The summed E-state index contributed by atoms with van der Waals surface area (Å²) >= 11 is 6.33. The molecule has 0 spiro atoms. The Morgan fingerprint density at radius 1 is 0.330 bits per heavy atom. The molecule has 14 heteroatoms. The van der Waals surface area contributed by atoms with Gasteiger partial charge in [-0.15, -0.1) is 45.3 Å². The highest BCUT2D eigenvalue weighted by Gasteiger charge is 2.19. The molecule has 0 bridgehead atoms. The molecule has 0 saturated heterocycles. The Bertz CT molecular complexity index is 5350. The summed E-state index contributed by atoms with van der Waals surface area (Å²) in [6, 6.07) is 62.7. The molecule has 0 amide bonds. The third kappa shape index (κ3) is 10.3. The number of halogens is 2. The van der Waals surface area contributed by atoms with Gasteiger partial charge in [-0.2, -0.15) is 0 Å². The molecule has 8 nitrogen and oxygen atoms in total. The van der Waals surface area contributed by atoms with E-state index in [1.54, 1.807) is 47.2 Å². The molecule has 8 aromatic heterocycles. The Balaban J connectivity index is 0.000000108. The third-order valence-corrected chi connectivity index (χ3v) is 20.2. The van der Waals surface area contributed by atoms with Crippen LogP contribution in [0.5, 0.6) is 0 Å². The first-order chi connectivity index (χ1) is 43.2. The second-order valence-corrected chi connectivity index (χ2v) is 24.3. The maximum atomic E-state index is 14.4. The first kappa shape index (κ1) is 56.2. The Labute approximate surface area is 520 Å². The van der Waals surface area contributed by atoms with Gasteiger partial charge in [0.1, 0.15) is 11.6 Å². The van der Waals surface area contributed by atoms with Gasteiger partial charge in [0.15, 0.2) is 11.4 Å². The molecule has 416 valence electrons. The van der Waals surface area contributed by atoms with E-state index in [1.807, 2.05) is 154 Å². The van der Waals surface area contributed by atoms with Crippen molar-refractivity contribution >= 4 is 149 Å². The molecule has 88 heavy (non-hydrogen) atoms. The molecule has 0 atom stereocenters. The number of aromatic nitrogens is 4. The van der Waals surface area contributed by atoms with Crippen molar-refractivity contribution < 1.29 is 8.78 Å². The smallest absolute Gasteiger partial charge is 0.239 e. The fourth-order valence-electron chi connectivity index (χ4n) is 10.9. The maximum absolute atomic E-state index is 14.4. The average Bonchev–Trinajstić information content (AvgIpc) is 2.04. The van der Waals surface area contributed by atoms with Crippen LogP contribution in [0.15, 0.2) is 219 Å². The number of thiophene rings is 4. The van der Waals surface area contributed by atoms with E-state index in [2.05, 4.69) is 87.8 Å². The minimum Gasteiger partial charge on any atom is -0.256 e. The molecule has 16 aromatic rings. The highest BCUT2D eigenvalue weighted by Crippen LogP contribution is 2.47. The van der Waals surface area contributed by atoms with Crippen LogP contribution in [-0.2, 0) is 0 Å². The van der Waals surface area contributed by atoms with E-state index in [4.69, 9.17) is 26.3 Å². The van der Waals surface area contributed by atoms with E-state index in [0.717, 1.165) is 103 Å². The maximum Gasteiger partial charge on any atom is 0.239 e. The van der Waals surface area contributed by atoms with Gasteiger partial charge < -0.3 is 0 Å². The van der Waals surface area contributed by atoms with Gasteiger partial charge in [0.25, 0.3) is 0 Å². The van der Waals surface area contributed by atoms with Gasteiger partial charge in [0, 0.05) is 101 Å². The second-order valence-electron chi connectivity index (χ2n) is 20.2. The largest absolute Gasteiger partial charge is 0.256 e. The summed E-state index contributed by atoms with van der Waals surface area (Å²) in [6.45, 7) is 32.9. The summed E-state index contributed by atoms with van der Waals surface area (Å²) < 4.78 is 36.4. The molecule has 0 N–H and O–H groups in total. The first-order valence-corrected chi connectivity index (χ1v) is 30.8. The summed E-state index contributed by atoms with van der Waals surface area (Å²) in [4.78, 5) is 31.6. The van der Waals surface area contributed by atoms with E-state index < -0.39 is 11.6 Å². The molecule has 0 saturated carbocycles. The lowest BCUT2D eigenvalue weighted by atomic mass is 10.0. The molecular formula is C74H42F2N8S4. The van der Waals surface area contributed by atoms with Gasteiger partial charge in [-0.25, -0.2) is 28.2 Å². The van der Waals surface area contributed by atoms with Crippen molar-refractivity contribution in [3.63, 3.8) is 0 Å². The zero-order valence-corrected chi connectivity index (χ0v) is 50.0. The zero-order chi connectivity index (χ0) is 60.4. The van der Waals surface area contributed by atoms with Gasteiger partial charge in [-0.05, 0) is 107 Å². The summed E-state index contributed by atoms with van der Waals surface area (Å²) in [7, 11) is 0. The number of hydrogen-bond acceptors (Lipinski definition) is 8. The lowest BCUT2D eigenvalue weighted by molar-refractivity contribution is 0.635. The van der Waals surface area contributed by atoms with Gasteiger partial charge in [0.05, 0.1) is 53.8 Å². The first-order valence-electron chi connectivity index (χ1n) is 27.5. The fourth-order valence-corrected chi connectivity index (χ4v) is 16.0. The van der Waals surface area contributed by atoms with Gasteiger partial charge in [-0.3, -0.25) is 19.9 Å². The molecular weight excluding hydrogens is 1170 g/mol. The van der Waals surface area contributed by atoms with E-state index in [0.29, 0.717) is 9.40 Å². The Kier molecular flexibility index (Phi) is 15.5. The SMILES string of the molecule is [C-]#[N+]c1c(F)ccc2c1sc1c(-c3ccccn3)cccc12.[C-]#[N+]c1cc2sc3c(-c4ccccn4)cccc3c2cc1C.[C-]#[N+]c1ccc2c(sc3c(-c4ccccn4)cccc32)c1C.[C-]#[N+]c1ccc2c(sc3c(-c4ccccn4)cccc32)c1F. The van der Waals surface area contributed by atoms with Gasteiger partial charge in [0.2, 0.25) is 11.4 Å². The molecule has 0 radical (unpaired) electrons. The lowest BCUT2D eigenvalue weighted by Gasteiger charge is -2.02. The predicted molar refractivity (Wildman–Crippen MR) is 365 cm³/mol. The number of benzene rings is 8. The Hall–Kier alpha value is -10.9. The van der Waals surface area contributed by atoms with E-state index >= 15 is 0 Å². The third-order valence-electron chi connectivity index (χ3n) is 15.1. The van der Waals surface area contributed by atoms with Crippen LogP contribution in [-0.4, -0.2) is 19.9 Å². The summed E-state index contributed by atoms with van der Waals surface area (Å²) in [5, 5.41) is 8.73. The molecule has 0 aliphatic heterocycles. The number of aryl methyl sites for hydroxylation is 2. The Morgan fingerprint density at radius 3 is 1.16 bits per heavy atom. The van der Waals surface area contributed by atoms with Gasteiger partial charge in [-0.1, -0.05) is 133 Å². The van der Waals surface area contributed by atoms with Crippen LogP contribution in [0, 0.1) is 51.8 Å². The number of fused-ring (bicyclic) bond motifs is 12. The lowest BCUT2D eigenvalue weighted by Crippen LogP contribution is -1.81. The summed E-state index contributed by atoms with van der Waals surface area (Å²) in [5.41, 5.74) is 11.8. The Morgan fingerprint density at radius 2 is 0.716 bits per heavy atom. The predicted octanol–water partition coefficient (Wildman–Crippen LogP) is 23.6. The van der Waals surface area contributed by atoms with Crippen molar-refractivity contribution in [3.05, 3.63) is 287 Å². The molecule has 8 heterocycles. The van der Waals surface area contributed by atoms with Crippen molar-refractivity contribution in [1.29, 1.82) is 0 Å². The fraction of sp³-hybridized carbons (Fsp3) is 0.0270. The van der Waals surface area contributed by atoms with E-state index in [-0.39, 0.29) is 11.4 Å². The van der Waals surface area contributed by atoms with Crippen LogP contribution in [0.2, 0.25) is 0 Å². The van der Waals surface area contributed by atoms with E-state index in [9.17, 15) is 8.78 Å². The van der Waals surface area contributed by atoms with Crippen LogP contribution in [0.25, 0.3) is 145 Å². The van der Waals surface area contributed by atoms with Crippen molar-refractivity contribution in [3.8, 4) is 45.0 Å². The number of nitrogens with zero attached hydrogens (tertiary/aromatic N) is 8. The van der Waals surface area contributed by atoms with Crippen LogP contribution in [0.4, 0.5) is 31.5 Å². The van der Waals surface area contributed by atoms with Crippen LogP contribution in [0.1, 0.15) is 11.1 Å². The molecule has 0 unspecified atom stereocenters. The molecule has 0 aliphatic rings. The van der Waals surface area contributed by atoms with Crippen LogP contribution >= 0.6 is 45.3 Å². The highest BCUT2D eigenvalue weighted by atomic mass is 32.1. The molecule has 0 aliphatic carbocycles. The molecule has 16 rings (SSSR count). The van der Waals surface area contributed by atoms with Crippen LogP contribution in [0.3, 0.4) is 0 Å². The van der Waals surface area contributed by atoms with Crippen LogP contribution < -0.4 is 0 Å². The zero-order valence-electron chi connectivity index (χ0n) is 46.8. The molecule has 0 fully saturated rings. The molecule has 8 aromatic carbocycles. The number of pyridine rings is 4. The minimum absolute atomic E-state index is 0.0680. The van der Waals surface area contributed by atoms with Crippen molar-refractivity contribution in [2.75, 3.05) is 0 Å². The quantitative estimate of drug-likeness (QED) is 0.165. The number of rotatable bonds is 4. The second kappa shape index (κ2) is 24.2. The minimum atomic E-state index is -0.464. The monoisotopic (exact) mass is 1210 g/mol. The number of hydrogen-bond donors (Lipinski definition) is 0. The van der Waals surface area contributed by atoms with Crippen molar-refractivity contribution in [2.45, 2.75) is 13.8 Å². The standard InChI is InChI=1S/2C19H12N2S.2C18H9FN2S/c1-12-16(20-2)10-9-14-13-6-5-7-15(19(13)22-18(12)14)17-8-3-4-11-21-17;1-12-10-15-13-6-5-7-14(16-8-3-4-9-21-16)19(13)22-18(15)11-17(12)20-2;1-20-16-14(19)9-8-12-11-5-4-6-13(17(11)22-18(12)16)15-7-2-3-10-21-15;1-20-15-9-8-12-11-5-4-6-13(14-7-2-3-10-21-14)17(11)22-18(12)16(15)19/h2*3-11H,1H3;2*2-10H. The highest BCUT2D eigenvalue weighted by molar-refractivity contribution is 7.28. The van der Waals surface area contributed by atoms with Crippen molar-refractivity contribution in [2.24, 2.45) is 0 Å². The van der Waals surface area contributed by atoms with E-state index in [1.165, 1.54) is 64.4 Å². The summed E-state index contributed by atoms with van der Waals surface area (Å²) in [6.07, 6.45) is 7.15.